The zero-order chi connectivity index (χ0) is 17.4. The molecule has 0 amide bonds. The van der Waals surface area contributed by atoms with Crippen molar-refractivity contribution in [3.05, 3.63) is 71.4 Å². The van der Waals surface area contributed by atoms with E-state index in [2.05, 4.69) is 67.1 Å². The molecule has 4 aromatic rings. The van der Waals surface area contributed by atoms with Crippen molar-refractivity contribution >= 4 is 21.7 Å². The number of hydrogen-bond acceptors (Lipinski definition) is 2. The molecule has 3 aromatic carbocycles. The van der Waals surface area contributed by atoms with Crippen molar-refractivity contribution in [1.82, 2.24) is 9.78 Å². The van der Waals surface area contributed by atoms with Gasteiger partial charge in [-0.2, -0.15) is 5.10 Å². The van der Waals surface area contributed by atoms with Gasteiger partial charge in [-0.25, -0.2) is 0 Å². The van der Waals surface area contributed by atoms with E-state index in [-0.39, 0.29) is 0 Å². The van der Waals surface area contributed by atoms with Gasteiger partial charge < -0.3 is 4.74 Å². The fraction of sp³-hybridized carbons (Fsp3) is 0.227. The van der Waals surface area contributed by atoms with E-state index in [1.165, 1.54) is 22.2 Å². The lowest BCUT2D eigenvalue weighted by Crippen LogP contribution is -2.05. The summed E-state index contributed by atoms with van der Waals surface area (Å²) in [6.07, 6.45) is 0.976. The first kappa shape index (κ1) is 15.7. The highest BCUT2D eigenvalue weighted by atomic mass is 16.5. The summed E-state index contributed by atoms with van der Waals surface area (Å²) in [4.78, 5) is 0. The first-order valence-corrected chi connectivity index (χ1v) is 8.66. The molecule has 1 aromatic heterocycles. The second-order valence-corrected chi connectivity index (χ2v) is 6.56. The zero-order valence-corrected chi connectivity index (χ0v) is 14.9. The van der Waals surface area contributed by atoms with Crippen LogP contribution in [-0.4, -0.2) is 16.9 Å². The summed E-state index contributed by atoms with van der Waals surface area (Å²) < 4.78 is 7.72. The molecule has 0 N–H and O–H groups in total. The van der Waals surface area contributed by atoms with Gasteiger partial charge in [0.25, 0.3) is 0 Å². The molecule has 0 fully saturated rings. The van der Waals surface area contributed by atoms with Crippen molar-refractivity contribution in [3.63, 3.8) is 0 Å². The fourth-order valence-electron chi connectivity index (χ4n) is 3.42. The standard InChI is InChI=1S/C22H22N2O/c1-15-8-10-17(11-9-15)12-13-24-16(2)20-14-21(25-3)18-6-4-5-7-19(18)22(20)23-24/h4-11,14H,12-13H2,1-3H3. The quantitative estimate of drug-likeness (QED) is 0.523. The van der Waals surface area contributed by atoms with Crippen LogP contribution in [0.2, 0.25) is 0 Å². The topological polar surface area (TPSA) is 27.1 Å². The monoisotopic (exact) mass is 330 g/mol. The van der Waals surface area contributed by atoms with E-state index in [1.54, 1.807) is 7.11 Å². The molecule has 1 heterocycles. The van der Waals surface area contributed by atoms with E-state index in [0.717, 1.165) is 35.0 Å². The summed E-state index contributed by atoms with van der Waals surface area (Å²) in [6.45, 7) is 5.13. The number of methoxy groups -OCH3 is 1. The molecule has 0 bridgehead atoms. The number of nitrogens with zero attached hydrogens (tertiary/aromatic N) is 2. The first-order chi connectivity index (χ1) is 12.2. The number of fused-ring (bicyclic) bond motifs is 3. The minimum absolute atomic E-state index is 0.875. The van der Waals surface area contributed by atoms with E-state index in [4.69, 9.17) is 9.84 Å². The van der Waals surface area contributed by atoms with Crippen LogP contribution in [0.1, 0.15) is 16.8 Å². The van der Waals surface area contributed by atoms with Crippen LogP contribution in [0.15, 0.2) is 54.6 Å². The lowest BCUT2D eigenvalue weighted by molar-refractivity contribution is 0.420. The van der Waals surface area contributed by atoms with Gasteiger partial charge in [-0.3, -0.25) is 4.68 Å². The van der Waals surface area contributed by atoms with Crippen molar-refractivity contribution in [3.8, 4) is 5.75 Å². The van der Waals surface area contributed by atoms with Crippen LogP contribution in [-0.2, 0) is 13.0 Å². The number of ether oxygens (including phenoxy) is 1. The molecule has 0 radical (unpaired) electrons. The molecule has 0 aliphatic heterocycles. The number of benzene rings is 3. The molecule has 0 spiro atoms. The van der Waals surface area contributed by atoms with Crippen LogP contribution >= 0.6 is 0 Å². The molecule has 0 saturated heterocycles. The Morgan fingerprint density at radius 2 is 1.64 bits per heavy atom. The van der Waals surface area contributed by atoms with Crippen LogP contribution in [0.3, 0.4) is 0 Å². The molecule has 0 unspecified atom stereocenters. The van der Waals surface area contributed by atoms with Gasteiger partial charge in [0.15, 0.2) is 0 Å². The van der Waals surface area contributed by atoms with Gasteiger partial charge in [0, 0.05) is 28.4 Å². The van der Waals surface area contributed by atoms with Gasteiger partial charge in [-0.1, -0.05) is 54.1 Å². The third-order valence-corrected chi connectivity index (χ3v) is 4.93. The van der Waals surface area contributed by atoms with E-state index in [9.17, 15) is 0 Å². The second kappa shape index (κ2) is 6.25. The van der Waals surface area contributed by atoms with Crippen LogP contribution in [0.25, 0.3) is 21.7 Å². The Balaban J connectivity index is 1.76. The van der Waals surface area contributed by atoms with Crippen molar-refractivity contribution in [2.24, 2.45) is 0 Å². The maximum absolute atomic E-state index is 5.60. The molecule has 0 atom stereocenters. The Hall–Kier alpha value is -2.81. The molecule has 126 valence electrons. The molecule has 3 nitrogen and oxygen atoms in total. The normalized spacial score (nSPS) is 11.3. The third-order valence-electron chi connectivity index (χ3n) is 4.93. The van der Waals surface area contributed by atoms with Crippen LogP contribution in [0.5, 0.6) is 5.75 Å². The minimum Gasteiger partial charge on any atom is -0.496 e. The van der Waals surface area contributed by atoms with Crippen LogP contribution in [0.4, 0.5) is 0 Å². The van der Waals surface area contributed by atoms with Crippen LogP contribution < -0.4 is 4.74 Å². The van der Waals surface area contributed by atoms with Gasteiger partial charge in [-0.15, -0.1) is 0 Å². The molecular weight excluding hydrogens is 308 g/mol. The van der Waals surface area contributed by atoms with E-state index >= 15 is 0 Å². The average Bonchev–Trinajstić information content (AvgIpc) is 2.97. The maximum Gasteiger partial charge on any atom is 0.127 e. The van der Waals surface area contributed by atoms with Gasteiger partial charge >= 0.3 is 0 Å². The third kappa shape index (κ3) is 2.76. The summed E-state index contributed by atoms with van der Waals surface area (Å²) in [5.41, 5.74) is 4.87. The Morgan fingerprint density at radius 3 is 2.36 bits per heavy atom. The van der Waals surface area contributed by atoms with Crippen molar-refractivity contribution in [1.29, 1.82) is 0 Å². The lowest BCUT2D eigenvalue weighted by atomic mass is 10.1. The Labute approximate surface area is 147 Å². The van der Waals surface area contributed by atoms with Gasteiger partial charge in [0.05, 0.1) is 7.11 Å². The van der Waals surface area contributed by atoms with Crippen LogP contribution in [0, 0.1) is 13.8 Å². The SMILES string of the molecule is COc1cc2c(C)n(CCc3ccc(C)cc3)nc2c2ccccc12. The Bertz CT molecular complexity index is 1050. The Kier molecular flexibility index (Phi) is 3.92. The number of aryl methyl sites for hydroxylation is 4. The second-order valence-electron chi connectivity index (χ2n) is 6.56. The minimum atomic E-state index is 0.875. The number of rotatable bonds is 4. The van der Waals surface area contributed by atoms with Gasteiger partial charge in [0.1, 0.15) is 11.3 Å². The lowest BCUT2D eigenvalue weighted by Gasteiger charge is -2.06. The summed E-state index contributed by atoms with van der Waals surface area (Å²) >= 11 is 0. The van der Waals surface area contributed by atoms with E-state index in [1.807, 2.05) is 6.07 Å². The first-order valence-electron chi connectivity index (χ1n) is 8.66. The highest BCUT2D eigenvalue weighted by Crippen LogP contribution is 2.34. The summed E-state index contributed by atoms with van der Waals surface area (Å²) in [6, 6.07) is 19.2. The van der Waals surface area contributed by atoms with Gasteiger partial charge in [-0.05, 0) is 31.9 Å². The summed E-state index contributed by atoms with van der Waals surface area (Å²) in [5, 5.41) is 8.33. The summed E-state index contributed by atoms with van der Waals surface area (Å²) in [5.74, 6) is 0.907. The molecular formula is C22H22N2O. The zero-order valence-electron chi connectivity index (χ0n) is 14.9. The van der Waals surface area contributed by atoms with E-state index < -0.39 is 0 Å². The largest absolute Gasteiger partial charge is 0.496 e. The average molecular weight is 330 g/mol. The fourth-order valence-corrected chi connectivity index (χ4v) is 3.42. The van der Waals surface area contributed by atoms with Crippen molar-refractivity contribution in [2.45, 2.75) is 26.8 Å². The summed E-state index contributed by atoms with van der Waals surface area (Å²) in [7, 11) is 1.73. The predicted octanol–water partition coefficient (Wildman–Crippen LogP) is 5.06. The van der Waals surface area contributed by atoms with Crippen molar-refractivity contribution in [2.75, 3.05) is 7.11 Å². The Morgan fingerprint density at radius 1 is 0.920 bits per heavy atom. The number of aromatic nitrogens is 2. The highest BCUT2D eigenvalue weighted by Gasteiger charge is 2.14. The molecule has 25 heavy (non-hydrogen) atoms. The molecule has 0 aliphatic carbocycles. The molecule has 0 aliphatic rings. The smallest absolute Gasteiger partial charge is 0.127 e. The maximum atomic E-state index is 5.60. The molecule has 0 saturated carbocycles. The van der Waals surface area contributed by atoms with Gasteiger partial charge in [0.2, 0.25) is 0 Å². The van der Waals surface area contributed by atoms with Crippen molar-refractivity contribution < 1.29 is 4.74 Å². The predicted molar refractivity (Wildman–Crippen MR) is 103 cm³/mol. The van der Waals surface area contributed by atoms with E-state index in [0.29, 0.717) is 0 Å². The molecule has 3 heteroatoms. The number of hydrogen-bond donors (Lipinski definition) is 0. The molecule has 4 rings (SSSR count). The highest BCUT2D eigenvalue weighted by molar-refractivity contribution is 6.09.